The van der Waals surface area contributed by atoms with Gasteiger partial charge in [0.1, 0.15) is 0 Å². The van der Waals surface area contributed by atoms with Gasteiger partial charge in [0.2, 0.25) is 0 Å². The molecule has 1 aromatic carbocycles. The Balaban J connectivity index is 1.91. The van der Waals surface area contributed by atoms with Crippen molar-refractivity contribution in [2.45, 2.75) is 51.4 Å². The molecule has 1 N–H and O–H groups in total. The fourth-order valence-electron chi connectivity index (χ4n) is 2.69. The standard InChI is InChI=1S/C15H21Cl2N/c1-2-3-4-5-6-7-11-10-18-15-13(11)8-12(16)9-14(15)17/h8-9,11,18H,2-7,10H2,1H3. The largest absolute Gasteiger partial charge is 0.383 e. The maximum Gasteiger partial charge on any atom is 0.0655 e. The van der Waals surface area contributed by atoms with E-state index in [1.807, 2.05) is 6.07 Å². The summed E-state index contributed by atoms with van der Waals surface area (Å²) in [5, 5.41) is 4.91. The van der Waals surface area contributed by atoms with E-state index < -0.39 is 0 Å². The van der Waals surface area contributed by atoms with Crippen LogP contribution in [0.15, 0.2) is 12.1 Å². The van der Waals surface area contributed by atoms with Crippen LogP contribution >= 0.6 is 23.2 Å². The maximum atomic E-state index is 6.20. The summed E-state index contributed by atoms with van der Waals surface area (Å²) in [6, 6.07) is 3.89. The Morgan fingerprint density at radius 1 is 1.17 bits per heavy atom. The summed E-state index contributed by atoms with van der Waals surface area (Å²) in [6.07, 6.45) is 7.90. The highest BCUT2D eigenvalue weighted by molar-refractivity contribution is 6.36. The molecule has 1 atom stereocenters. The topological polar surface area (TPSA) is 12.0 Å². The Morgan fingerprint density at radius 2 is 1.94 bits per heavy atom. The highest BCUT2D eigenvalue weighted by Crippen LogP contribution is 2.41. The predicted octanol–water partition coefficient (Wildman–Crippen LogP) is 5.86. The number of unbranched alkanes of at least 4 members (excludes halogenated alkanes) is 4. The molecular formula is C15H21Cl2N. The van der Waals surface area contributed by atoms with E-state index in [1.54, 1.807) is 0 Å². The lowest BCUT2D eigenvalue weighted by molar-refractivity contribution is 0.566. The Morgan fingerprint density at radius 3 is 2.72 bits per heavy atom. The molecule has 0 saturated heterocycles. The summed E-state index contributed by atoms with van der Waals surface area (Å²) in [5.74, 6) is 0.581. The molecular weight excluding hydrogens is 265 g/mol. The Kier molecular flexibility index (Phi) is 5.20. The van der Waals surface area contributed by atoms with E-state index >= 15 is 0 Å². The van der Waals surface area contributed by atoms with Crippen molar-refractivity contribution < 1.29 is 0 Å². The molecule has 1 aliphatic rings. The van der Waals surface area contributed by atoms with Crippen LogP contribution in [0, 0.1) is 0 Å². The number of benzene rings is 1. The molecule has 1 aromatic rings. The third-order valence-corrected chi connectivity index (χ3v) is 4.22. The molecule has 1 heterocycles. The Bertz CT molecular complexity index is 404. The first-order valence-corrected chi connectivity index (χ1v) is 7.70. The molecule has 0 aliphatic carbocycles. The van der Waals surface area contributed by atoms with Gasteiger partial charge in [-0.1, -0.05) is 62.2 Å². The normalized spacial score (nSPS) is 17.6. The third kappa shape index (κ3) is 3.33. The first kappa shape index (κ1) is 14.0. The van der Waals surface area contributed by atoms with E-state index in [1.165, 1.54) is 44.1 Å². The van der Waals surface area contributed by atoms with Gasteiger partial charge in [-0.3, -0.25) is 0 Å². The second kappa shape index (κ2) is 6.68. The Hall–Kier alpha value is -0.400. The second-order valence-corrected chi connectivity index (χ2v) is 5.98. The minimum atomic E-state index is 0.581. The van der Waals surface area contributed by atoms with Gasteiger partial charge >= 0.3 is 0 Å². The zero-order valence-corrected chi connectivity index (χ0v) is 12.4. The molecule has 0 amide bonds. The van der Waals surface area contributed by atoms with E-state index in [0.29, 0.717) is 5.92 Å². The van der Waals surface area contributed by atoms with Crippen LogP contribution in [0.5, 0.6) is 0 Å². The van der Waals surface area contributed by atoms with Crippen LogP contribution < -0.4 is 5.32 Å². The van der Waals surface area contributed by atoms with Crippen molar-refractivity contribution >= 4 is 28.9 Å². The van der Waals surface area contributed by atoms with Gasteiger partial charge in [0.15, 0.2) is 0 Å². The molecule has 1 nitrogen and oxygen atoms in total. The highest BCUT2D eigenvalue weighted by Gasteiger charge is 2.24. The second-order valence-electron chi connectivity index (χ2n) is 5.13. The molecule has 0 bridgehead atoms. The molecule has 0 fully saturated rings. The number of hydrogen-bond donors (Lipinski definition) is 1. The summed E-state index contributed by atoms with van der Waals surface area (Å²) in [4.78, 5) is 0. The van der Waals surface area contributed by atoms with Crippen molar-refractivity contribution in [3.63, 3.8) is 0 Å². The van der Waals surface area contributed by atoms with Crippen molar-refractivity contribution in [2.75, 3.05) is 11.9 Å². The van der Waals surface area contributed by atoms with Crippen LogP contribution in [-0.2, 0) is 0 Å². The minimum Gasteiger partial charge on any atom is -0.383 e. The fourth-order valence-corrected chi connectivity index (χ4v) is 3.27. The van der Waals surface area contributed by atoms with Crippen LogP contribution in [-0.4, -0.2) is 6.54 Å². The number of hydrogen-bond acceptors (Lipinski definition) is 1. The SMILES string of the molecule is CCCCCCCC1CNc2c(Cl)cc(Cl)cc21. The van der Waals surface area contributed by atoms with E-state index in [9.17, 15) is 0 Å². The zero-order chi connectivity index (χ0) is 13.0. The van der Waals surface area contributed by atoms with E-state index in [4.69, 9.17) is 23.2 Å². The number of halogens is 2. The maximum absolute atomic E-state index is 6.20. The summed E-state index contributed by atoms with van der Waals surface area (Å²) >= 11 is 12.3. The quantitative estimate of drug-likeness (QED) is 0.645. The van der Waals surface area contributed by atoms with Gasteiger partial charge in [0.05, 0.1) is 10.7 Å². The lowest BCUT2D eigenvalue weighted by Crippen LogP contribution is -2.01. The number of fused-ring (bicyclic) bond motifs is 1. The van der Waals surface area contributed by atoms with Gasteiger partial charge in [0.25, 0.3) is 0 Å². The lowest BCUT2D eigenvalue weighted by atomic mass is 9.95. The monoisotopic (exact) mass is 285 g/mol. The van der Waals surface area contributed by atoms with Crippen LogP contribution in [0.25, 0.3) is 0 Å². The van der Waals surface area contributed by atoms with Gasteiger partial charge in [0, 0.05) is 17.5 Å². The third-order valence-electron chi connectivity index (χ3n) is 3.71. The van der Waals surface area contributed by atoms with Crippen molar-refractivity contribution in [2.24, 2.45) is 0 Å². The van der Waals surface area contributed by atoms with Crippen molar-refractivity contribution in [3.05, 3.63) is 27.7 Å². The Labute approximate surface area is 120 Å². The first-order valence-electron chi connectivity index (χ1n) is 6.95. The van der Waals surface area contributed by atoms with E-state index in [0.717, 1.165) is 22.3 Å². The molecule has 1 unspecified atom stereocenters. The highest BCUT2D eigenvalue weighted by atomic mass is 35.5. The molecule has 0 radical (unpaired) electrons. The lowest BCUT2D eigenvalue weighted by Gasteiger charge is -2.10. The van der Waals surface area contributed by atoms with Crippen molar-refractivity contribution in [3.8, 4) is 0 Å². The molecule has 0 spiro atoms. The molecule has 18 heavy (non-hydrogen) atoms. The number of nitrogens with one attached hydrogen (secondary N) is 1. The van der Waals surface area contributed by atoms with Crippen LogP contribution in [0.4, 0.5) is 5.69 Å². The molecule has 2 rings (SSSR count). The van der Waals surface area contributed by atoms with Crippen molar-refractivity contribution in [1.29, 1.82) is 0 Å². The number of rotatable bonds is 6. The van der Waals surface area contributed by atoms with Gasteiger partial charge in [-0.25, -0.2) is 0 Å². The summed E-state index contributed by atoms with van der Waals surface area (Å²) in [6.45, 7) is 3.25. The van der Waals surface area contributed by atoms with Crippen LogP contribution in [0.3, 0.4) is 0 Å². The van der Waals surface area contributed by atoms with E-state index in [2.05, 4.69) is 18.3 Å². The van der Waals surface area contributed by atoms with Crippen molar-refractivity contribution in [1.82, 2.24) is 0 Å². The summed E-state index contributed by atoms with van der Waals surface area (Å²) in [5.41, 5.74) is 2.41. The smallest absolute Gasteiger partial charge is 0.0655 e. The molecule has 100 valence electrons. The van der Waals surface area contributed by atoms with E-state index in [-0.39, 0.29) is 0 Å². The van der Waals surface area contributed by atoms with Gasteiger partial charge in [-0.15, -0.1) is 0 Å². The average molecular weight is 286 g/mol. The van der Waals surface area contributed by atoms with Crippen LogP contribution in [0.1, 0.15) is 56.9 Å². The zero-order valence-electron chi connectivity index (χ0n) is 10.9. The predicted molar refractivity (Wildman–Crippen MR) is 81.1 cm³/mol. The first-order chi connectivity index (χ1) is 8.72. The molecule has 1 aliphatic heterocycles. The van der Waals surface area contributed by atoms with Gasteiger partial charge in [-0.05, 0) is 24.1 Å². The van der Waals surface area contributed by atoms with Crippen LogP contribution in [0.2, 0.25) is 10.0 Å². The number of anilines is 1. The fraction of sp³-hybridized carbons (Fsp3) is 0.600. The molecule has 0 saturated carbocycles. The average Bonchev–Trinajstić information content (AvgIpc) is 2.72. The molecule has 3 heteroatoms. The van der Waals surface area contributed by atoms with Gasteiger partial charge < -0.3 is 5.32 Å². The summed E-state index contributed by atoms with van der Waals surface area (Å²) in [7, 11) is 0. The molecule has 0 aromatic heterocycles. The summed E-state index contributed by atoms with van der Waals surface area (Å²) < 4.78 is 0. The van der Waals surface area contributed by atoms with Gasteiger partial charge in [-0.2, -0.15) is 0 Å². The minimum absolute atomic E-state index is 0.581.